The van der Waals surface area contributed by atoms with Crippen molar-refractivity contribution < 1.29 is 8.81 Å². The fourth-order valence-electron chi connectivity index (χ4n) is 3.23. The van der Waals surface area contributed by atoms with Gasteiger partial charge in [0.15, 0.2) is 5.96 Å². The number of benzene rings is 1. The van der Waals surface area contributed by atoms with E-state index in [1.165, 1.54) is 12.1 Å². The first-order chi connectivity index (χ1) is 13.7. The summed E-state index contributed by atoms with van der Waals surface area (Å²) in [6, 6.07) is 10.6. The molecule has 1 aliphatic heterocycles. The van der Waals surface area contributed by atoms with Crippen LogP contribution in [-0.2, 0) is 6.54 Å². The van der Waals surface area contributed by atoms with Crippen molar-refractivity contribution in [2.75, 3.05) is 38.1 Å². The number of rotatable bonds is 4. The number of thiophene rings is 1. The monoisotopic (exact) mass is 399 g/mol. The Bertz CT molecular complexity index is 914. The number of halogens is 1. The minimum atomic E-state index is -0.206. The molecule has 1 N–H and O–H groups in total. The molecule has 0 spiro atoms. The van der Waals surface area contributed by atoms with E-state index < -0.39 is 0 Å². The van der Waals surface area contributed by atoms with Crippen LogP contribution < -0.4 is 10.2 Å². The Morgan fingerprint density at radius 2 is 2.00 bits per heavy atom. The highest BCUT2D eigenvalue weighted by Gasteiger charge is 2.20. The summed E-state index contributed by atoms with van der Waals surface area (Å²) in [7, 11) is 1.79. The highest BCUT2D eigenvalue weighted by molar-refractivity contribution is 7.13. The number of aromatic nitrogens is 1. The predicted molar refractivity (Wildman–Crippen MR) is 110 cm³/mol. The van der Waals surface area contributed by atoms with E-state index in [2.05, 4.69) is 25.1 Å². The molecule has 0 saturated carbocycles. The third kappa shape index (κ3) is 4.17. The molecule has 2 aromatic heterocycles. The molecule has 3 aromatic rings. The summed E-state index contributed by atoms with van der Waals surface area (Å²) >= 11 is 1.61. The quantitative estimate of drug-likeness (QED) is 0.538. The van der Waals surface area contributed by atoms with Gasteiger partial charge in [-0.2, -0.15) is 0 Å². The third-order valence-corrected chi connectivity index (χ3v) is 5.55. The predicted octanol–water partition coefficient (Wildman–Crippen LogP) is 3.44. The Morgan fingerprint density at radius 1 is 1.21 bits per heavy atom. The van der Waals surface area contributed by atoms with Crippen LogP contribution in [0.1, 0.15) is 5.69 Å². The zero-order valence-electron chi connectivity index (χ0n) is 15.6. The van der Waals surface area contributed by atoms with Gasteiger partial charge >= 0.3 is 0 Å². The lowest BCUT2D eigenvalue weighted by Gasteiger charge is -2.37. The molecule has 0 bridgehead atoms. The maximum Gasteiger partial charge on any atom is 0.236 e. The summed E-state index contributed by atoms with van der Waals surface area (Å²) in [5.74, 6) is 1.29. The molecule has 1 fully saturated rings. The van der Waals surface area contributed by atoms with Gasteiger partial charge in [0.1, 0.15) is 12.1 Å². The number of hydrogen-bond acceptors (Lipinski definition) is 5. The zero-order valence-corrected chi connectivity index (χ0v) is 16.5. The van der Waals surface area contributed by atoms with Gasteiger partial charge in [-0.25, -0.2) is 9.37 Å². The van der Waals surface area contributed by atoms with E-state index in [9.17, 15) is 4.39 Å². The summed E-state index contributed by atoms with van der Waals surface area (Å²) in [4.78, 5) is 14.4. The lowest BCUT2D eigenvalue weighted by Crippen LogP contribution is -2.52. The number of nitrogens with one attached hydrogen (secondary N) is 1. The molecule has 0 atom stereocenters. The van der Waals surface area contributed by atoms with Gasteiger partial charge in [0, 0.05) is 38.9 Å². The van der Waals surface area contributed by atoms with Gasteiger partial charge in [0.25, 0.3) is 0 Å². The molecule has 146 valence electrons. The Kier molecular flexibility index (Phi) is 5.57. The van der Waals surface area contributed by atoms with Crippen LogP contribution in [0.3, 0.4) is 0 Å². The zero-order chi connectivity index (χ0) is 19.3. The maximum absolute atomic E-state index is 13.1. The van der Waals surface area contributed by atoms with Gasteiger partial charge in [-0.1, -0.05) is 6.07 Å². The van der Waals surface area contributed by atoms with E-state index >= 15 is 0 Å². The number of aliphatic imine (C=N–C) groups is 1. The molecule has 0 amide bonds. The molecular weight excluding hydrogens is 377 g/mol. The summed E-state index contributed by atoms with van der Waals surface area (Å²) in [6.45, 7) is 3.96. The first kappa shape index (κ1) is 18.5. The van der Waals surface area contributed by atoms with Crippen LogP contribution in [0.4, 0.5) is 10.1 Å². The summed E-state index contributed by atoms with van der Waals surface area (Å²) in [5.41, 5.74) is 1.89. The van der Waals surface area contributed by atoms with Gasteiger partial charge in [-0.05, 0) is 35.7 Å². The topological polar surface area (TPSA) is 56.9 Å². The van der Waals surface area contributed by atoms with Gasteiger partial charge in [0.05, 0.1) is 17.1 Å². The van der Waals surface area contributed by atoms with Gasteiger partial charge in [0.2, 0.25) is 5.89 Å². The maximum atomic E-state index is 13.1. The highest BCUT2D eigenvalue weighted by atomic mass is 32.1. The third-order valence-electron chi connectivity index (χ3n) is 4.69. The molecular formula is C20H22FN5OS. The van der Waals surface area contributed by atoms with Crippen molar-refractivity contribution in [3.8, 4) is 10.8 Å². The van der Waals surface area contributed by atoms with Crippen molar-refractivity contribution in [2.45, 2.75) is 6.54 Å². The van der Waals surface area contributed by atoms with E-state index in [4.69, 9.17) is 4.42 Å². The molecule has 0 unspecified atom stereocenters. The van der Waals surface area contributed by atoms with Crippen LogP contribution in [0, 0.1) is 5.82 Å². The molecule has 1 aromatic carbocycles. The Labute approximate surface area is 167 Å². The van der Waals surface area contributed by atoms with Gasteiger partial charge in [-0.3, -0.25) is 4.99 Å². The first-order valence-electron chi connectivity index (χ1n) is 9.17. The smallest absolute Gasteiger partial charge is 0.236 e. The van der Waals surface area contributed by atoms with Crippen molar-refractivity contribution in [2.24, 2.45) is 4.99 Å². The number of oxazole rings is 1. The van der Waals surface area contributed by atoms with E-state index in [0.29, 0.717) is 12.4 Å². The van der Waals surface area contributed by atoms with Crippen molar-refractivity contribution in [3.05, 3.63) is 59.6 Å². The van der Waals surface area contributed by atoms with Crippen molar-refractivity contribution in [1.29, 1.82) is 0 Å². The second-order valence-electron chi connectivity index (χ2n) is 6.47. The molecule has 28 heavy (non-hydrogen) atoms. The normalized spacial score (nSPS) is 15.1. The van der Waals surface area contributed by atoms with E-state index in [1.54, 1.807) is 24.6 Å². The van der Waals surface area contributed by atoms with Crippen LogP contribution in [0.25, 0.3) is 10.8 Å². The van der Waals surface area contributed by atoms with E-state index in [1.807, 2.05) is 29.6 Å². The van der Waals surface area contributed by atoms with Crippen molar-refractivity contribution in [3.63, 3.8) is 0 Å². The Balaban J connectivity index is 1.31. The molecule has 6 nitrogen and oxygen atoms in total. The van der Waals surface area contributed by atoms with E-state index in [-0.39, 0.29) is 5.82 Å². The molecule has 4 rings (SSSR count). The summed E-state index contributed by atoms with van der Waals surface area (Å²) in [5, 5.41) is 5.37. The fraction of sp³-hybridized carbons (Fsp3) is 0.300. The molecule has 1 saturated heterocycles. The lowest BCUT2D eigenvalue weighted by molar-refractivity contribution is 0.372. The summed E-state index contributed by atoms with van der Waals surface area (Å²) in [6.07, 6.45) is 1.68. The number of guanidine groups is 1. The molecule has 3 heterocycles. The molecule has 0 aliphatic carbocycles. The molecule has 1 aliphatic rings. The Morgan fingerprint density at radius 3 is 2.68 bits per heavy atom. The second-order valence-corrected chi connectivity index (χ2v) is 7.42. The lowest BCUT2D eigenvalue weighted by atomic mass is 10.2. The van der Waals surface area contributed by atoms with Crippen LogP contribution >= 0.6 is 11.3 Å². The largest absolute Gasteiger partial charge is 0.443 e. The fourth-order valence-corrected chi connectivity index (χ4v) is 3.89. The number of piperazine rings is 1. The summed E-state index contributed by atoms with van der Waals surface area (Å²) < 4.78 is 18.7. The van der Waals surface area contributed by atoms with Gasteiger partial charge in [-0.15, -0.1) is 11.3 Å². The minimum Gasteiger partial charge on any atom is -0.443 e. The Hall–Kier alpha value is -2.87. The average molecular weight is 399 g/mol. The van der Waals surface area contributed by atoms with Crippen LogP contribution in [-0.4, -0.2) is 49.1 Å². The molecule has 8 heteroatoms. The highest BCUT2D eigenvalue weighted by Crippen LogP contribution is 2.23. The van der Waals surface area contributed by atoms with Crippen LogP contribution in [0.15, 0.2) is 57.5 Å². The SMILES string of the molecule is CN=C(NCc1coc(-c2cccs2)n1)N1CCN(c2ccc(F)cc2)CC1. The van der Waals surface area contributed by atoms with Gasteiger partial charge < -0.3 is 19.5 Å². The van der Waals surface area contributed by atoms with E-state index in [0.717, 1.165) is 48.4 Å². The van der Waals surface area contributed by atoms with Crippen LogP contribution in [0.2, 0.25) is 0 Å². The second kappa shape index (κ2) is 8.43. The number of nitrogens with zero attached hydrogens (tertiary/aromatic N) is 4. The standard InChI is InChI=1S/C20H22FN5OS/c1-22-20(23-13-16-14-27-19(24-16)18-3-2-12-28-18)26-10-8-25(9-11-26)17-6-4-15(21)5-7-17/h2-7,12,14H,8-11,13H2,1H3,(H,22,23). The minimum absolute atomic E-state index is 0.206. The van der Waals surface area contributed by atoms with Crippen molar-refractivity contribution in [1.82, 2.24) is 15.2 Å². The molecule has 0 radical (unpaired) electrons. The average Bonchev–Trinajstić information content (AvgIpc) is 3.41. The van der Waals surface area contributed by atoms with Crippen molar-refractivity contribution >= 4 is 23.0 Å². The number of hydrogen-bond donors (Lipinski definition) is 1. The van der Waals surface area contributed by atoms with Crippen LogP contribution in [0.5, 0.6) is 0 Å². The number of anilines is 1. The first-order valence-corrected chi connectivity index (χ1v) is 10.1.